The molecule has 1 amide bonds. The number of anilines is 3. The number of aromatic nitrogens is 2. The van der Waals surface area contributed by atoms with E-state index in [1.54, 1.807) is 6.33 Å². The number of nitrogens with zero attached hydrogens (tertiary/aromatic N) is 3. The Balaban J connectivity index is 1.45. The summed E-state index contributed by atoms with van der Waals surface area (Å²) in [6.45, 7) is 4.85. The smallest absolute Gasteiger partial charge is 0.255 e. The van der Waals surface area contributed by atoms with Gasteiger partial charge in [-0.3, -0.25) is 4.79 Å². The van der Waals surface area contributed by atoms with Crippen LogP contribution < -0.4 is 15.5 Å². The second kappa shape index (κ2) is 11.7. The summed E-state index contributed by atoms with van der Waals surface area (Å²) in [5, 5.41) is 6.54. The fourth-order valence-corrected chi connectivity index (χ4v) is 4.72. The fourth-order valence-electron chi connectivity index (χ4n) is 4.72. The average molecular weight is 492 g/mol. The molecule has 1 fully saturated rings. The van der Waals surface area contributed by atoms with Gasteiger partial charge in [-0.2, -0.15) is 0 Å². The zero-order valence-electron chi connectivity index (χ0n) is 21.3. The normalized spacial score (nSPS) is 13.3. The van der Waals surface area contributed by atoms with E-state index in [0.29, 0.717) is 12.1 Å². The van der Waals surface area contributed by atoms with Crippen molar-refractivity contribution in [2.75, 3.05) is 28.6 Å². The van der Waals surface area contributed by atoms with Crippen molar-refractivity contribution in [1.29, 1.82) is 0 Å². The molecule has 0 spiro atoms. The minimum atomic E-state index is -0.126. The minimum Gasteiger partial charge on any atom is -0.372 e. The van der Waals surface area contributed by atoms with Gasteiger partial charge in [0.25, 0.3) is 5.91 Å². The Morgan fingerprint density at radius 2 is 1.68 bits per heavy atom. The van der Waals surface area contributed by atoms with Gasteiger partial charge >= 0.3 is 0 Å². The predicted molar refractivity (Wildman–Crippen MR) is 151 cm³/mol. The highest BCUT2D eigenvalue weighted by Crippen LogP contribution is 2.33. The van der Waals surface area contributed by atoms with Crippen LogP contribution in [0, 0.1) is 0 Å². The van der Waals surface area contributed by atoms with Gasteiger partial charge in [0.05, 0.1) is 11.4 Å². The molecule has 6 nitrogen and oxygen atoms in total. The predicted octanol–water partition coefficient (Wildman–Crippen LogP) is 6.56. The topological polar surface area (TPSA) is 70.2 Å². The van der Waals surface area contributed by atoms with Gasteiger partial charge in [0.15, 0.2) is 0 Å². The molecule has 2 N–H and O–H groups in total. The quantitative estimate of drug-likeness (QED) is 0.292. The largest absolute Gasteiger partial charge is 0.372 e. The van der Waals surface area contributed by atoms with Gasteiger partial charge in [-0.1, -0.05) is 49.4 Å². The molecule has 0 aliphatic carbocycles. The molecule has 3 aromatic carbocycles. The molecule has 1 aromatic heterocycles. The maximum Gasteiger partial charge on any atom is 0.255 e. The lowest BCUT2D eigenvalue weighted by molar-refractivity contribution is 0.102. The molecule has 5 rings (SSSR count). The third-order valence-electron chi connectivity index (χ3n) is 6.83. The van der Waals surface area contributed by atoms with Crippen LogP contribution in [0.5, 0.6) is 0 Å². The molecule has 0 atom stereocenters. The van der Waals surface area contributed by atoms with Gasteiger partial charge in [-0.15, -0.1) is 0 Å². The highest BCUT2D eigenvalue weighted by Gasteiger charge is 2.17. The van der Waals surface area contributed by atoms with Gasteiger partial charge in [0.2, 0.25) is 0 Å². The summed E-state index contributed by atoms with van der Waals surface area (Å²) in [5.74, 6) is 0.615. The van der Waals surface area contributed by atoms with Crippen LogP contribution in [0.25, 0.3) is 11.3 Å². The minimum absolute atomic E-state index is 0.126. The number of carbonyl (C=O) groups excluding carboxylic acids is 1. The number of nitrogens with one attached hydrogen (secondary N) is 2. The van der Waals surface area contributed by atoms with E-state index >= 15 is 0 Å². The van der Waals surface area contributed by atoms with Gasteiger partial charge in [-0.25, -0.2) is 9.97 Å². The Kier molecular flexibility index (Phi) is 7.75. The van der Waals surface area contributed by atoms with Gasteiger partial charge < -0.3 is 15.5 Å². The van der Waals surface area contributed by atoms with Crippen molar-refractivity contribution in [3.63, 3.8) is 0 Å². The lowest BCUT2D eigenvalue weighted by Gasteiger charge is -2.29. The van der Waals surface area contributed by atoms with E-state index in [0.717, 1.165) is 53.5 Å². The van der Waals surface area contributed by atoms with Crippen molar-refractivity contribution < 1.29 is 4.79 Å². The molecule has 188 valence electrons. The summed E-state index contributed by atoms with van der Waals surface area (Å²) < 4.78 is 0. The molecule has 1 saturated heterocycles. The van der Waals surface area contributed by atoms with E-state index < -0.39 is 0 Å². The Morgan fingerprint density at radius 1 is 0.865 bits per heavy atom. The number of benzene rings is 3. The van der Waals surface area contributed by atoms with E-state index in [-0.39, 0.29) is 5.91 Å². The van der Waals surface area contributed by atoms with E-state index in [1.807, 2.05) is 54.6 Å². The van der Waals surface area contributed by atoms with Crippen molar-refractivity contribution >= 4 is 23.1 Å². The summed E-state index contributed by atoms with van der Waals surface area (Å²) in [6.07, 6.45) is 6.13. The third-order valence-corrected chi connectivity index (χ3v) is 6.83. The van der Waals surface area contributed by atoms with Crippen LogP contribution in [0.15, 0.2) is 85.2 Å². The van der Waals surface area contributed by atoms with Crippen molar-refractivity contribution in [2.45, 2.75) is 39.2 Å². The van der Waals surface area contributed by atoms with Gasteiger partial charge in [0, 0.05) is 42.5 Å². The van der Waals surface area contributed by atoms with E-state index in [1.165, 1.54) is 24.8 Å². The third kappa shape index (κ3) is 6.15. The van der Waals surface area contributed by atoms with Gasteiger partial charge in [0.1, 0.15) is 12.1 Å². The van der Waals surface area contributed by atoms with E-state index in [4.69, 9.17) is 0 Å². The van der Waals surface area contributed by atoms with Crippen LogP contribution in [-0.4, -0.2) is 29.0 Å². The lowest BCUT2D eigenvalue weighted by atomic mass is 10.0. The molecule has 0 saturated carbocycles. The number of carbonyl (C=O) groups is 1. The summed E-state index contributed by atoms with van der Waals surface area (Å²) >= 11 is 0. The first kappa shape index (κ1) is 24.5. The van der Waals surface area contributed by atoms with Crippen LogP contribution in [0.1, 0.15) is 47.7 Å². The number of hydrogen-bond acceptors (Lipinski definition) is 5. The Bertz CT molecular complexity index is 1350. The second-order valence-electron chi connectivity index (χ2n) is 9.41. The molecule has 1 aliphatic rings. The molecule has 2 heterocycles. The SMILES string of the molecule is CCc1cccc(C(=O)Nc2ccc(N3CCCCC3)cc2-c2cc(NCc3ccccc3)ncn2)c1. The summed E-state index contributed by atoms with van der Waals surface area (Å²) in [5.41, 5.74) is 6.50. The van der Waals surface area contributed by atoms with Crippen LogP contribution in [0.4, 0.5) is 17.2 Å². The van der Waals surface area contributed by atoms with E-state index in [2.05, 4.69) is 56.7 Å². The molecular weight excluding hydrogens is 458 g/mol. The van der Waals surface area contributed by atoms with Crippen LogP contribution in [0.3, 0.4) is 0 Å². The summed E-state index contributed by atoms with van der Waals surface area (Å²) in [4.78, 5) is 24.7. The number of rotatable bonds is 8. The van der Waals surface area contributed by atoms with Crippen LogP contribution in [0.2, 0.25) is 0 Å². The highest BCUT2D eigenvalue weighted by molar-refractivity contribution is 6.06. The van der Waals surface area contributed by atoms with Crippen molar-refractivity contribution in [1.82, 2.24) is 9.97 Å². The number of piperidine rings is 1. The number of amides is 1. The zero-order valence-corrected chi connectivity index (χ0v) is 21.3. The highest BCUT2D eigenvalue weighted by atomic mass is 16.1. The second-order valence-corrected chi connectivity index (χ2v) is 9.41. The molecule has 0 unspecified atom stereocenters. The molecule has 1 aliphatic heterocycles. The Labute approximate surface area is 218 Å². The zero-order chi connectivity index (χ0) is 25.5. The maximum absolute atomic E-state index is 13.2. The Morgan fingerprint density at radius 3 is 2.49 bits per heavy atom. The van der Waals surface area contributed by atoms with Crippen molar-refractivity contribution in [2.24, 2.45) is 0 Å². The molecule has 4 aromatic rings. The van der Waals surface area contributed by atoms with Crippen molar-refractivity contribution in [3.05, 3.63) is 102 Å². The number of hydrogen-bond donors (Lipinski definition) is 2. The molecular formula is C31H33N5O. The van der Waals surface area contributed by atoms with E-state index in [9.17, 15) is 4.79 Å². The molecule has 6 heteroatoms. The maximum atomic E-state index is 13.2. The monoisotopic (exact) mass is 491 g/mol. The first-order chi connectivity index (χ1) is 18.2. The van der Waals surface area contributed by atoms with Crippen molar-refractivity contribution in [3.8, 4) is 11.3 Å². The summed E-state index contributed by atoms with van der Waals surface area (Å²) in [7, 11) is 0. The number of aryl methyl sites for hydroxylation is 1. The lowest BCUT2D eigenvalue weighted by Crippen LogP contribution is -2.29. The van der Waals surface area contributed by atoms with Gasteiger partial charge in [-0.05, 0) is 67.1 Å². The first-order valence-corrected chi connectivity index (χ1v) is 13.1. The molecule has 0 bridgehead atoms. The standard InChI is InChI=1S/C31H33N5O/c1-2-23-12-9-13-25(18-23)31(37)35-28-15-14-26(36-16-7-4-8-17-36)19-27(28)29-20-30(34-22-33-29)32-21-24-10-5-3-6-11-24/h3,5-6,9-15,18-20,22H,2,4,7-8,16-17,21H2,1H3,(H,35,37)(H,32,33,34). The summed E-state index contributed by atoms with van der Waals surface area (Å²) in [6, 6.07) is 26.2. The van der Waals surface area contributed by atoms with Crippen LogP contribution >= 0.6 is 0 Å². The van der Waals surface area contributed by atoms with Crippen LogP contribution in [-0.2, 0) is 13.0 Å². The fraction of sp³-hybridized carbons (Fsp3) is 0.258. The Hall–Kier alpha value is -4.19. The first-order valence-electron chi connectivity index (χ1n) is 13.1. The molecule has 0 radical (unpaired) electrons. The average Bonchev–Trinajstić information content (AvgIpc) is 2.97. The molecule has 37 heavy (non-hydrogen) atoms.